The van der Waals surface area contributed by atoms with Crippen LogP contribution in [0.4, 0.5) is 0 Å². The van der Waals surface area contributed by atoms with Crippen molar-refractivity contribution >= 4 is 40.0 Å². The van der Waals surface area contributed by atoms with Gasteiger partial charge in [0.2, 0.25) is 0 Å². The normalized spacial score (nSPS) is 10.7. The minimum absolute atomic E-state index is 0.163. The molecule has 1 nitrogen and oxygen atoms in total. The van der Waals surface area contributed by atoms with Gasteiger partial charge in [-0.15, -0.1) is 0 Å². The fourth-order valence-electron chi connectivity index (χ4n) is 2.22. The van der Waals surface area contributed by atoms with Gasteiger partial charge in [0.05, 0.1) is 0 Å². The Morgan fingerprint density at radius 2 is 1.40 bits per heavy atom. The summed E-state index contributed by atoms with van der Waals surface area (Å²) < 4.78 is 2.51. The molecule has 0 bridgehead atoms. The van der Waals surface area contributed by atoms with E-state index in [9.17, 15) is 4.79 Å². The zero-order valence-electron chi connectivity index (χ0n) is 12.1. The molecular formula is C17H17BrOSe. The zero-order chi connectivity index (χ0) is 14.9. The van der Waals surface area contributed by atoms with Crippen LogP contribution in [0.25, 0.3) is 0 Å². The van der Waals surface area contributed by atoms with Crippen molar-refractivity contribution in [1.82, 2.24) is 0 Å². The van der Waals surface area contributed by atoms with Gasteiger partial charge < -0.3 is 0 Å². The number of carbonyl (C=O) groups is 1. The summed E-state index contributed by atoms with van der Waals surface area (Å²) in [7, 11) is 0. The molecule has 0 saturated heterocycles. The summed E-state index contributed by atoms with van der Waals surface area (Å²) in [6, 6.07) is 10.0. The third-order valence-corrected chi connectivity index (χ3v) is 6.76. The molecule has 20 heavy (non-hydrogen) atoms. The van der Waals surface area contributed by atoms with Crippen molar-refractivity contribution in [2.24, 2.45) is 0 Å². The van der Waals surface area contributed by atoms with E-state index in [1.165, 1.54) is 11.1 Å². The van der Waals surface area contributed by atoms with Gasteiger partial charge in [-0.3, -0.25) is 0 Å². The molecule has 2 rings (SSSR count). The number of hydrogen-bond donors (Lipinski definition) is 0. The molecule has 0 aliphatic heterocycles. The van der Waals surface area contributed by atoms with Crippen molar-refractivity contribution in [3.05, 3.63) is 62.6 Å². The molecule has 0 heterocycles. The van der Waals surface area contributed by atoms with Crippen LogP contribution in [-0.2, 0) is 0 Å². The summed E-state index contributed by atoms with van der Waals surface area (Å²) in [5.41, 5.74) is 5.44. The van der Waals surface area contributed by atoms with Crippen LogP contribution in [-0.4, -0.2) is 19.6 Å². The standard InChI is InChI=1S/C17H17BrOSe/c1-10-12(3)16(18)13(4)11(2)15(10)17(19)20-14-8-6-5-7-9-14/h5-9H,1-4H3. The third kappa shape index (κ3) is 2.90. The summed E-state index contributed by atoms with van der Waals surface area (Å²) in [5, 5.41) is 0. The van der Waals surface area contributed by atoms with Crippen LogP contribution in [0.5, 0.6) is 0 Å². The average Bonchev–Trinajstić information content (AvgIpc) is 2.44. The third-order valence-electron chi connectivity index (χ3n) is 3.69. The molecule has 0 radical (unpaired) electrons. The van der Waals surface area contributed by atoms with Crippen molar-refractivity contribution < 1.29 is 4.79 Å². The fourth-order valence-corrected chi connectivity index (χ4v) is 4.74. The topological polar surface area (TPSA) is 17.1 Å². The van der Waals surface area contributed by atoms with Gasteiger partial charge in [0.1, 0.15) is 0 Å². The van der Waals surface area contributed by atoms with Gasteiger partial charge in [0.25, 0.3) is 0 Å². The molecule has 0 aliphatic carbocycles. The van der Waals surface area contributed by atoms with Crippen LogP contribution < -0.4 is 4.46 Å². The van der Waals surface area contributed by atoms with E-state index >= 15 is 0 Å². The van der Waals surface area contributed by atoms with Crippen LogP contribution in [0.1, 0.15) is 32.6 Å². The Morgan fingerprint density at radius 1 is 0.900 bits per heavy atom. The zero-order valence-corrected chi connectivity index (χ0v) is 15.4. The second-order valence-electron chi connectivity index (χ2n) is 4.89. The number of halogens is 1. The maximum absolute atomic E-state index is 12.7. The molecule has 0 aliphatic rings. The molecule has 2 aromatic carbocycles. The SMILES string of the molecule is Cc1c(C)c(C(=O)[Se]c2ccccc2)c(C)c(C)c1Br. The van der Waals surface area contributed by atoms with Gasteiger partial charge >= 0.3 is 135 Å². The Labute approximate surface area is 135 Å². The second kappa shape index (κ2) is 6.26. The first-order chi connectivity index (χ1) is 9.43. The molecule has 0 spiro atoms. The number of hydrogen-bond acceptors (Lipinski definition) is 1. The van der Waals surface area contributed by atoms with Crippen LogP contribution >= 0.6 is 15.9 Å². The molecular weight excluding hydrogens is 379 g/mol. The molecule has 0 aromatic heterocycles. The first-order valence-electron chi connectivity index (χ1n) is 6.46. The summed E-state index contributed by atoms with van der Waals surface area (Å²) >= 11 is 3.46. The number of benzene rings is 2. The van der Waals surface area contributed by atoms with E-state index in [4.69, 9.17) is 0 Å². The van der Waals surface area contributed by atoms with Crippen LogP contribution in [0.2, 0.25) is 0 Å². The van der Waals surface area contributed by atoms with E-state index < -0.39 is 0 Å². The van der Waals surface area contributed by atoms with E-state index in [1.54, 1.807) is 0 Å². The van der Waals surface area contributed by atoms with E-state index in [0.29, 0.717) is 0 Å². The van der Waals surface area contributed by atoms with Gasteiger partial charge in [-0.2, -0.15) is 0 Å². The van der Waals surface area contributed by atoms with Gasteiger partial charge in [0, 0.05) is 0 Å². The average molecular weight is 396 g/mol. The van der Waals surface area contributed by atoms with Gasteiger partial charge in [-0.25, -0.2) is 0 Å². The Balaban J connectivity index is 2.45. The second-order valence-corrected chi connectivity index (χ2v) is 7.88. The monoisotopic (exact) mass is 396 g/mol. The number of rotatable bonds is 3. The van der Waals surface area contributed by atoms with Gasteiger partial charge in [0.15, 0.2) is 0 Å². The van der Waals surface area contributed by atoms with E-state index in [1.807, 2.05) is 44.2 Å². The van der Waals surface area contributed by atoms with Crippen molar-refractivity contribution in [3.63, 3.8) is 0 Å². The van der Waals surface area contributed by atoms with Crippen molar-refractivity contribution in [3.8, 4) is 0 Å². The Kier molecular flexibility index (Phi) is 4.85. The van der Waals surface area contributed by atoms with Crippen LogP contribution in [0.15, 0.2) is 34.8 Å². The first kappa shape index (κ1) is 15.5. The molecule has 0 amide bonds. The molecule has 104 valence electrons. The summed E-state index contributed by atoms with van der Waals surface area (Å²) in [6.45, 7) is 8.22. The fraction of sp³-hybridized carbons (Fsp3) is 0.235. The molecule has 0 N–H and O–H groups in total. The van der Waals surface area contributed by atoms with E-state index in [-0.39, 0.29) is 19.6 Å². The molecule has 2 aromatic rings. The quantitative estimate of drug-likeness (QED) is 0.721. The Morgan fingerprint density at radius 3 is 1.90 bits per heavy atom. The minimum atomic E-state index is -0.163. The van der Waals surface area contributed by atoms with Crippen LogP contribution in [0, 0.1) is 27.7 Å². The van der Waals surface area contributed by atoms with E-state index in [0.717, 1.165) is 25.6 Å². The predicted octanol–water partition coefficient (Wildman–Crippen LogP) is 3.85. The van der Waals surface area contributed by atoms with Crippen molar-refractivity contribution in [2.75, 3.05) is 0 Å². The summed E-state index contributed by atoms with van der Waals surface area (Å²) in [6.07, 6.45) is 0. The molecule has 0 atom stereocenters. The van der Waals surface area contributed by atoms with Crippen molar-refractivity contribution in [2.45, 2.75) is 27.7 Å². The Hall–Kier alpha value is -0.891. The molecule has 0 fully saturated rings. The van der Waals surface area contributed by atoms with Gasteiger partial charge in [-0.05, 0) is 0 Å². The maximum atomic E-state index is 12.7. The molecule has 3 heteroatoms. The molecule has 0 saturated carbocycles. The van der Waals surface area contributed by atoms with E-state index in [2.05, 4.69) is 29.8 Å². The van der Waals surface area contributed by atoms with Crippen LogP contribution in [0.3, 0.4) is 0 Å². The number of carbonyl (C=O) groups excluding carboxylic acids is 1. The summed E-state index contributed by atoms with van der Waals surface area (Å²) in [5.74, 6) is 0. The van der Waals surface area contributed by atoms with Gasteiger partial charge in [-0.1, -0.05) is 0 Å². The summed E-state index contributed by atoms with van der Waals surface area (Å²) in [4.78, 5) is 12.7. The first-order valence-corrected chi connectivity index (χ1v) is 8.97. The molecule has 0 unspecified atom stereocenters. The Bertz CT molecular complexity index is 633. The van der Waals surface area contributed by atoms with Crippen molar-refractivity contribution in [1.29, 1.82) is 0 Å². The predicted molar refractivity (Wildman–Crippen MR) is 89.3 cm³/mol.